The van der Waals surface area contributed by atoms with Crippen LogP contribution in [0, 0.1) is 34.9 Å². The molecule has 4 heterocycles. The van der Waals surface area contributed by atoms with Crippen LogP contribution in [0.2, 0.25) is 0 Å². The Morgan fingerprint density at radius 3 is 1.95 bits per heavy atom. The summed E-state index contributed by atoms with van der Waals surface area (Å²) in [7, 11) is 0. The molecule has 1 saturated heterocycles. The molecule has 18 heteroatoms. The molecule has 0 radical (unpaired) electrons. The van der Waals surface area contributed by atoms with Gasteiger partial charge in [-0.2, -0.15) is 0 Å². The first-order valence-electron chi connectivity index (χ1n) is 18.2. The van der Waals surface area contributed by atoms with Gasteiger partial charge in [-0.1, -0.05) is 31.9 Å². The van der Waals surface area contributed by atoms with Crippen molar-refractivity contribution in [3.8, 4) is 0 Å². The zero-order chi connectivity index (χ0) is 42.5. The monoisotopic (exact) mass is 1020 g/mol. The molecule has 312 valence electrons. The number of nitrogens with zero attached hydrogens (tertiary/aromatic N) is 3. The molecule has 0 bridgehead atoms. The summed E-state index contributed by atoms with van der Waals surface area (Å²) in [5.41, 5.74) is 3.09. The van der Waals surface area contributed by atoms with E-state index in [0.29, 0.717) is 18.3 Å². The van der Waals surface area contributed by atoms with Gasteiger partial charge < -0.3 is 29.4 Å². The summed E-state index contributed by atoms with van der Waals surface area (Å²) in [6.45, 7) is 1.27. The van der Waals surface area contributed by atoms with E-state index in [9.17, 15) is 31.1 Å². The van der Waals surface area contributed by atoms with E-state index >= 15 is 0 Å². The van der Waals surface area contributed by atoms with E-state index in [1.807, 2.05) is 41.0 Å². The van der Waals surface area contributed by atoms with Crippen molar-refractivity contribution in [2.75, 3.05) is 38.4 Å². The normalized spacial score (nSPS) is 18.6. The second-order valence-corrected chi connectivity index (χ2v) is 16.2. The zero-order valence-corrected chi connectivity index (χ0v) is 35.8. The summed E-state index contributed by atoms with van der Waals surface area (Å²) in [6.07, 6.45) is 0. The molecular weight excluding hydrogens is 992 g/mol. The fourth-order valence-electron chi connectivity index (χ4n) is 6.67. The Hall–Kier alpha value is -4.59. The number of aliphatic imine (C=N–C) groups is 1. The number of imidazole rings is 1. The average molecular weight is 1020 g/mol. The molecule has 9 rings (SSSR count). The number of amidine groups is 1. The Bertz CT molecular complexity index is 2580. The number of carbonyl (C=O) groups is 1. The van der Waals surface area contributed by atoms with E-state index in [1.54, 1.807) is 0 Å². The molecule has 3 unspecified atom stereocenters. The molecule has 1 amide bonds. The Balaban J connectivity index is 0.000000139. The van der Waals surface area contributed by atoms with Crippen LogP contribution in [0.3, 0.4) is 0 Å². The number of anilines is 1. The number of ether oxygens (including phenoxy) is 3. The van der Waals surface area contributed by atoms with E-state index < -0.39 is 53.0 Å². The minimum atomic E-state index is -0.609. The molecule has 0 spiro atoms. The summed E-state index contributed by atoms with van der Waals surface area (Å²) < 4.78 is 102. The van der Waals surface area contributed by atoms with Crippen molar-refractivity contribution in [2.24, 2.45) is 4.99 Å². The van der Waals surface area contributed by atoms with Crippen LogP contribution in [0.4, 0.5) is 32.0 Å². The van der Waals surface area contributed by atoms with E-state index in [0.717, 1.165) is 78.7 Å². The van der Waals surface area contributed by atoms with Crippen LogP contribution in [0.1, 0.15) is 40.6 Å². The first-order valence-corrected chi connectivity index (χ1v) is 20.5. The summed E-state index contributed by atoms with van der Waals surface area (Å²) in [5.74, 6) is -2.02. The van der Waals surface area contributed by atoms with Crippen molar-refractivity contribution in [1.29, 1.82) is 0 Å². The minimum absolute atomic E-state index is 0.0343. The standard InChI is InChI=1S/C16H12Br2F2N2O.C16H11BrF2N2O.C10H9F2NO2/c17-9-1-4-14(12(18)5-9)21-16-8-23-7-15(22-16)11-6-10(19)2-3-13(11)20;17-9-1-4-13-14(5-9)21-15(7-22-8-16(21)20-13)11-6-10(18)2-3-12(11)19;11-6-1-2-8(12)7(3-6)9-4-15-5-10(14)13-9/h1-6,15H,7-8H2,(H,21,22);1-6,15H,7-8H2;1-3,9H,4-5H2,(H,13,14). The van der Waals surface area contributed by atoms with Crippen LogP contribution in [0.5, 0.6) is 0 Å². The SMILES string of the molecule is Fc1ccc(F)c(C2COCC(Nc3ccc(Br)cc3Br)=N2)c1.Fc1ccc(F)c(C2COCc3nc4ccc(Br)cc4n32)c1.O=C1COCC(c2cc(F)ccc2F)N1. The molecule has 60 heavy (non-hydrogen) atoms. The summed E-state index contributed by atoms with van der Waals surface area (Å²) in [4.78, 5) is 20.0. The van der Waals surface area contributed by atoms with Crippen molar-refractivity contribution < 1.29 is 45.3 Å². The predicted molar refractivity (Wildman–Crippen MR) is 222 cm³/mol. The van der Waals surface area contributed by atoms with Crippen molar-refractivity contribution in [2.45, 2.75) is 24.7 Å². The van der Waals surface area contributed by atoms with Gasteiger partial charge in [0.1, 0.15) is 72.4 Å². The van der Waals surface area contributed by atoms with Crippen molar-refractivity contribution >= 4 is 76.3 Å². The Kier molecular flexibility index (Phi) is 14.1. The zero-order valence-electron chi connectivity index (χ0n) is 31.0. The molecule has 9 nitrogen and oxygen atoms in total. The minimum Gasteiger partial charge on any atom is -0.371 e. The van der Waals surface area contributed by atoms with Gasteiger partial charge >= 0.3 is 0 Å². The molecule has 1 aromatic heterocycles. The topological polar surface area (TPSA) is 99.0 Å². The van der Waals surface area contributed by atoms with Crippen LogP contribution in [-0.2, 0) is 25.6 Å². The number of morpholine rings is 1. The maximum absolute atomic E-state index is 14.2. The molecule has 6 aromatic rings. The third-order valence-corrected chi connectivity index (χ3v) is 11.0. The summed E-state index contributed by atoms with van der Waals surface area (Å²) >= 11 is 10.3. The molecular formula is C42H32Br3F6N5O4. The van der Waals surface area contributed by atoms with E-state index in [4.69, 9.17) is 14.2 Å². The van der Waals surface area contributed by atoms with Gasteiger partial charge in [-0.25, -0.2) is 31.3 Å². The molecule has 3 aliphatic heterocycles. The van der Waals surface area contributed by atoms with Gasteiger partial charge in [-0.3, -0.25) is 9.79 Å². The van der Waals surface area contributed by atoms with Crippen LogP contribution >= 0.6 is 47.8 Å². The first-order chi connectivity index (χ1) is 28.8. The lowest BCUT2D eigenvalue weighted by Gasteiger charge is -2.27. The lowest BCUT2D eigenvalue weighted by atomic mass is 10.1. The Morgan fingerprint density at radius 1 is 0.650 bits per heavy atom. The second kappa shape index (κ2) is 19.4. The van der Waals surface area contributed by atoms with Crippen LogP contribution in [0.15, 0.2) is 109 Å². The number of halogens is 9. The number of hydrogen-bond acceptors (Lipinski definition) is 7. The molecule has 0 saturated carbocycles. The smallest absolute Gasteiger partial charge is 0.246 e. The van der Waals surface area contributed by atoms with E-state index in [2.05, 4.69) is 68.4 Å². The number of nitrogens with one attached hydrogen (secondary N) is 2. The third kappa shape index (κ3) is 10.5. The highest BCUT2D eigenvalue weighted by Gasteiger charge is 2.28. The van der Waals surface area contributed by atoms with E-state index in [-0.39, 0.29) is 55.6 Å². The van der Waals surface area contributed by atoms with Crippen LogP contribution in [-0.4, -0.2) is 54.3 Å². The number of benzene rings is 5. The van der Waals surface area contributed by atoms with Crippen LogP contribution < -0.4 is 10.6 Å². The van der Waals surface area contributed by atoms with Gasteiger partial charge in [0.15, 0.2) is 0 Å². The van der Waals surface area contributed by atoms with Gasteiger partial charge in [0.25, 0.3) is 0 Å². The fraction of sp³-hybridized carbons (Fsp3) is 0.214. The third-order valence-electron chi connectivity index (χ3n) is 9.40. The predicted octanol–water partition coefficient (Wildman–Crippen LogP) is 10.4. The van der Waals surface area contributed by atoms with E-state index in [1.165, 1.54) is 6.07 Å². The van der Waals surface area contributed by atoms with Gasteiger partial charge in [0.2, 0.25) is 5.91 Å². The van der Waals surface area contributed by atoms with Gasteiger partial charge in [-0.05, 0) is 107 Å². The molecule has 0 aliphatic carbocycles. The molecule has 3 atom stereocenters. The van der Waals surface area contributed by atoms with Gasteiger partial charge in [0.05, 0.1) is 48.6 Å². The number of aromatic nitrogens is 2. The van der Waals surface area contributed by atoms with Crippen molar-refractivity contribution in [1.82, 2.24) is 14.9 Å². The highest BCUT2D eigenvalue weighted by molar-refractivity contribution is 9.11. The van der Waals surface area contributed by atoms with Crippen molar-refractivity contribution in [3.05, 3.63) is 162 Å². The lowest BCUT2D eigenvalue weighted by Crippen LogP contribution is -2.40. The molecule has 3 aliphatic rings. The average Bonchev–Trinajstić information content (AvgIpc) is 3.60. The maximum atomic E-state index is 14.2. The highest BCUT2D eigenvalue weighted by Crippen LogP contribution is 2.34. The van der Waals surface area contributed by atoms with Gasteiger partial charge in [-0.15, -0.1) is 0 Å². The first kappa shape index (κ1) is 43.5. The van der Waals surface area contributed by atoms with Gasteiger partial charge in [0, 0.05) is 30.1 Å². The molecule has 5 aromatic carbocycles. The molecule has 1 fully saturated rings. The maximum Gasteiger partial charge on any atom is 0.246 e. The summed E-state index contributed by atoms with van der Waals surface area (Å²) in [5, 5.41) is 5.68. The second-order valence-electron chi connectivity index (χ2n) is 13.6. The largest absolute Gasteiger partial charge is 0.371 e. The number of hydrogen-bond donors (Lipinski definition) is 2. The van der Waals surface area contributed by atoms with Crippen LogP contribution in [0.25, 0.3) is 11.0 Å². The van der Waals surface area contributed by atoms with Crippen molar-refractivity contribution in [3.63, 3.8) is 0 Å². The Labute approximate surface area is 364 Å². The number of carbonyl (C=O) groups excluding carboxylic acids is 1. The number of rotatable bonds is 4. The highest BCUT2D eigenvalue weighted by atomic mass is 79.9. The number of fused-ring (bicyclic) bond motifs is 3. The fourth-order valence-corrected chi connectivity index (χ4v) is 8.17. The summed E-state index contributed by atoms with van der Waals surface area (Å²) in [6, 6.07) is 19.7. The number of amides is 1. The molecule has 2 N–H and O–H groups in total. The lowest BCUT2D eigenvalue weighted by molar-refractivity contribution is -0.131. The quantitative estimate of drug-likeness (QED) is 0.171. The Morgan fingerprint density at radius 2 is 1.25 bits per heavy atom.